The van der Waals surface area contributed by atoms with Crippen molar-refractivity contribution in [3.63, 3.8) is 0 Å². The number of nitrogens with two attached hydrogens (primary N) is 1. The number of carbonyl (C=O) groups is 2. The Labute approximate surface area is 184 Å². The molecule has 2 aliphatic rings. The van der Waals surface area contributed by atoms with Crippen LogP contribution in [-0.4, -0.2) is 47.9 Å². The highest BCUT2D eigenvalue weighted by Gasteiger charge is 2.43. The van der Waals surface area contributed by atoms with E-state index in [1.165, 1.54) is 5.56 Å². The maximum absolute atomic E-state index is 12.9. The number of urea groups is 1. The third-order valence-corrected chi connectivity index (χ3v) is 6.39. The van der Waals surface area contributed by atoms with Gasteiger partial charge in [0.25, 0.3) is 0 Å². The number of carbonyl (C=O) groups excluding carboxylic acids is 2. The Hall–Kier alpha value is -3.02. The number of nitrogen functional groups attached to an aromatic ring is 1. The van der Waals surface area contributed by atoms with Crippen molar-refractivity contribution in [2.45, 2.75) is 27.2 Å². The molecule has 0 saturated carbocycles. The highest BCUT2D eigenvalue weighted by Crippen LogP contribution is 2.33. The summed E-state index contributed by atoms with van der Waals surface area (Å²) in [5.74, 6) is 1.33. The second kappa shape index (κ2) is 8.61. The molecule has 2 fully saturated rings. The summed E-state index contributed by atoms with van der Waals surface area (Å²) in [5.41, 5.74) is 10.6. The summed E-state index contributed by atoms with van der Waals surface area (Å²) in [6.45, 7) is 9.07. The Bertz CT molecular complexity index is 956. The second-order valence-corrected chi connectivity index (χ2v) is 9.42. The lowest BCUT2D eigenvalue weighted by Gasteiger charge is -2.23. The zero-order chi connectivity index (χ0) is 22.1. The number of rotatable bonds is 4. The van der Waals surface area contributed by atoms with Crippen LogP contribution in [-0.2, 0) is 4.79 Å². The normalized spacial score (nSPS) is 20.3. The number of hydrogen-bond acceptors (Lipinski definition) is 3. The van der Waals surface area contributed by atoms with E-state index in [0.29, 0.717) is 48.6 Å². The average Bonchev–Trinajstić information content (AvgIpc) is 3.29. The topological polar surface area (TPSA) is 78.7 Å². The van der Waals surface area contributed by atoms with Crippen LogP contribution in [0.1, 0.15) is 25.8 Å². The molecule has 2 saturated heterocycles. The molecule has 6 heteroatoms. The van der Waals surface area contributed by atoms with Gasteiger partial charge < -0.3 is 20.9 Å². The van der Waals surface area contributed by atoms with Crippen molar-refractivity contribution in [1.29, 1.82) is 0 Å². The molecule has 0 bridgehead atoms. The van der Waals surface area contributed by atoms with E-state index >= 15 is 0 Å². The minimum absolute atomic E-state index is 0.123. The van der Waals surface area contributed by atoms with Gasteiger partial charge >= 0.3 is 6.03 Å². The molecule has 164 valence electrons. The molecule has 4 rings (SSSR count). The van der Waals surface area contributed by atoms with Gasteiger partial charge in [0, 0.05) is 44.4 Å². The van der Waals surface area contributed by atoms with Gasteiger partial charge in [0.05, 0.1) is 11.4 Å². The molecular formula is C25H32N4O2. The third kappa shape index (κ3) is 4.68. The van der Waals surface area contributed by atoms with E-state index in [4.69, 9.17) is 5.73 Å². The van der Waals surface area contributed by atoms with E-state index in [1.807, 2.05) is 28.0 Å². The predicted molar refractivity (Wildman–Crippen MR) is 125 cm³/mol. The van der Waals surface area contributed by atoms with E-state index in [0.717, 1.165) is 24.2 Å². The number of fused-ring (bicyclic) bond motifs is 1. The fourth-order valence-corrected chi connectivity index (χ4v) is 4.63. The van der Waals surface area contributed by atoms with Crippen molar-refractivity contribution in [3.05, 3.63) is 48.0 Å². The number of anilines is 2. The molecule has 2 aliphatic heterocycles. The van der Waals surface area contributed by atoms with Gasteiger partial charge in [0.15, 0.2) is 0 Å². The maximum Gasteiger partial charge on any atom is 0.321 e. The summed E-state index contributed by atoms with van der Waals surface area (Å²) in [6, 6.07) is 13.9. The van der Waals surface area contributed by atoms with Gasteiger partial charge in [-0.1, -0.05) is 49.7 Å². The van der Waals surface area contributed by atoms with E-state index in [-0.39, 0.29) is 11.9 Å². The first kappa shape index (κ1) is 21.2. The first-order chi connectivity index (χ1) is 14.8. The lowest BCUT2D eigenvalue weighted by atomic mass is 10.0. The molecular weight excluding hydrogens is 388 g/mol. The van der Waals surface area contributed by atoms with Crippen LogP contribution in [0.25, 0.3) is 11.1 Å². The molecule has 0 aromatic heterocycles. The fraction of sp³-hybridized carbons (Fsp3) is 0.440. The molecule has 0 spiro atoms. The number of hydrogen-bond donors (Lipinski definition) is 2. The van der Waals surface area contributed by atoms with Crippen molar-refractivity contribution in [1.82, 2.24) is 9.80 Å². The molecule has 3 N–H and O–H groups in total. The highest BCUT2D eigenvalue weighted by atomic mass is 16.2. The average molecular weight is 421 g/mol. The molecule has 0 aliphatic carbocycles. The van der Waals surface area contributed by atoms with Crippen molar-refractivity contribution in [3.8, 4) is 11.1 Å². The number of nitrogens with one attached hydrogen (secondary N) is 1. The van der Waals surface area contributed by atoms with E-state index in [2.05, 4.69) is 50.4 Å². The molecule has 31 heavy (non-hydrogen) atoms. The summed E-state index contributed by atoms with van der Waals surface area (Å²) < 4.78 is 0. The Morgan fingerprint density at radius 2 is 1.55 bits per heavy atom. The minimum Gasteiger partial charge on any atom is -0.397 e. The standard InChI is InChI=1S/C25H32N4O2/c1-16(2)10-24(30)28-12-20-14-29(15-21(20)13-28)25(31)27-23-11-19(8-9-22(23)26)18-6-4-17(3)5-7-18/h4-9,11,16,20-21H,10,12-15,26H2,1-3H3,(H,27,31). The smallest absolute Gasteiger partial charge is 0.321 e. The Kier molecular flexibility index (Phi) is 5.90. The number of benzene rings is 2. The largest absolute Gasteiger partial charge is 0.397 e. The monoisotopic (exact) mass is 420 g/mol. The number of aryl methyl sites for hydroxylation is 1. The van der Waals surface area contributed by atoms with Crippen LogP contribution < -0.4 is 11.1 Å². The zero-order valence-corrected chi connectivity index (χ0v) is 18.6. The molecule has 0 radical (unpaired) electrons. The van der Waals surface area contributed by atoms with E-state index in [1.54, 1.807) is 0 Å². The molecule has 3 amide bonds. The first-order valence-corrected chi connectivity index (χ1v) is 11.1. The fourth-order valence-electron chi connectivity index (χ4n) is 4.63. The number of likely N-dealkylation sites (tertiary alicyclic amines) is 2. The van der Waals surface area contributed by atoms with Gasteiger partial charge in [0.2, 0.25) is 5.91 Å². The molecule has 2 atom stereocenters. The van der Waals surface area contributed by atoms with E-state index in [9.17, 15) is 9.59 Å². The summed E-state index contributed by atoms with van der Waals surface area (Å²) in [4.78, 5) is 29.1. The first-order valence-electron chi connectivity index (χ1n) is 11.1. The third-order valence-electron chi connectivity index (χ3n) is 6.39. The van der Waals surface area contributed by atoms with Crippen molar-refractivity contribution < 1.29 is 9.59 Å². The van der Waals surface area contributed by atoms with Gasteiger partial charge in [-0.05, 0) is 36.1 Å². The zero-order valence-electron chi connectivity index (χ0n) is 18.6. The van der Waals surface area contributed by atoms with Crippen LogP contribution in [0.2, 0.25) is 0 Å². The van der Waals surface area contributed by atoms with Gasteiger partial charge in [-0.3, -0.25) is 4.79 Å². The van der Waals surface area contributed by atoms with Gasteiger partial charge in [0.1, 0.15) is 0 Å². The van der Waals surface area contributed by atoms with Gasteiger partial charge in [-0.25, -0.2) is 4.79 Å². The van der Waals surface area contributed by atoms with Crippen molar-refractivity contribution >= 4 is 23.3 Å². The molecule has 2 unspecified atom stereocenters. The van der Waals surface area contributed by atoms with Crippen LogP contribution >= 0.6 is 0 Å². The quantitative estimate of drug-likeness (QED) is 0.727. The van der Waals surface area contributed by atoms with Crippen LogP contribution in [0.4, 0.5) is 16.2 Å². The van der Waals surface area contributed by atoms with Crippen LogP contribution in [0, 0.1) is 24.7 Å². The van der Waals surface area contributed by atoms with Crippen molar-refractivity contribution in [2.24, 2.45) is 17.8 Å². The van der Waals surface area contributed by atoms with E-state index < -0.39 is 0 Å². The lowest BCUT2D eigenvalue weighted by molar-refractivity contribution is -0.131. The van der Waals surface area contributed by atoms with Gasteiger partial charge in [-0.2, -0.15) is 0 Å². The summed E-state index contributed by atoms with van der Waals surface area (Å²) in [5, 5.41) is 3.00. The highest BCUT2D eigenvalue weighted by molar-refractivity contribution is 5.94. The summed E-state index contributed by atoms with van der Waals surface area (Å²) in [6.07, 6.45) is 0.597. The molecule has 2 heterocycles. The Morgan fingerprint density at radius 3 is 2.16 bits per heavy atom. The van der Waals surface area contributed by atoms with Crippen LogP contribution in [0.5, 0.6) is 0 Å². The number of amides is 3. The Balaban J connectivity index is 1.38. The summed E-state index contributed by atoms with van der Waals surface area (Å²) in [7, 11) is 0. The second-order valence-electron chi connectivity index (χ2n) is 9.42. The predicted octanol–water partition coefficient (Wildman–Crippen LogP) is 4.21. The number of nitrogens with zero attached hydrogens (tertiary/aromatic N) is 2. The molecule has 6 nitrogen and oxygen atoms in total. The SMILES string of the molecule is Cc1ccc(-c2ccc(N)c(NC(=O)N3CC4CN(C(=O)CC(C)C)CC4C3)c2)cc1. The van der Waals surface area contributed by atoms with Gasteiger partial charge in [-0.15, -0.1) is 0 Å². The minimum atomic E-state index is -0.123. The molecule has 2 aromatic rings. The van der Waals surface area contributed by atoms with Crippen molar-refractivity contribution in [2.75, 3.05) is 37.2 Å². The molecule has 2 aromatic carbocycles. The van der Waals surface area contributed by atoms with Crippen LogP contribution in [0.3, 0.4) is 0 Å². The lowest BCUT2D eigenvalue weighted by Crippen LogP contribution is -2.38. The van der Waals surface area contributed by atoms with Crippen LogP contribution in [0.15, 0.2) is 42.5 Å². The summed E-state index contributed by atoms with van der Waals surface area (Å²) >= 11 is 0. The Morgan fingerprint density at radius 1 is 0.968 bits per heavy atom. The maximum atomic E-state index is 12.9.